The summed E-state index contributed by atoms with van der Waals surface area (Å²) in [7, 11) is -3.74. The topological polar surface area (TPSA) is 74.7 Å². The zero-order valence-corrected chi connectivity index (χ0v) is 12.5. The molecule has 1 atom stereocenters. The standard InChI is InChI=1S/C12H14BrNO4S/c13-9-4-6-10(7-5-9)19(17,18)14-8-2-1-3-11(14)12(15)16/h4-7,11H,1-3,8H2,(H,15,16)/t11-/m0/s1. The first-order valence-corrected chi connectivity index (χ1v) is 8.16. The lowest BCUT2D eigenvalue weighted by molar-refractivity contribution is -0.142. The van der Waals surface area contributed by atoms with Gasteiger partial charge in [0.05, 0.1) is 4.90 Å². The summed E-state index contributed by atoms with van der Waals surface area (Å²) < 4.78 is 26.8. The molecule has 0 spiro atoms. The maximum absolute atomic E-state index is 12.5. The predicted molar refractivity (Wildman–Crippen MR) is 73.3 cm³/mol. The summed E-state index contributed by atoms with van der Waals surface area (Å²) in [6.07, 6.45) is 1.80. The average Bonchev–Trinajstić information content (AvgIpc) is 2.39. The van der Waals surface area contributed by atoms with Crippen molar-refractivity contribution in [2.75, 3.05) is 6.54 Å². The molecule has 1 aromatic carbocycles. The normalized spacial score (nSPS) is 21.2. The molecular formula is C12H14BrNO4S. The van der Waals surface area contributed by atoms with Gasteiger partial charge in [-0.3, -0.25) is 4.79 Å². The minimum atomic E-state index is -3.74. The lowest BCUT2D eigenvalue weighted by Crippen LogP contribution is -2.47. The number of nitrogens with zero attached hydrogens (tertiary/aromatic N) is 1. The highest BCUT2D eigenvalue weighted by Gasteiger charge is 2.37. The molecule has 1 fully saturated rings. The second-order valence-electron chi connectivity index (χ2n) is 4.42. The van der Waals surface area contributed by atoms with Crippen molar-refractivity contribution in [2.24, 2.45) is 0 Å². The number of halogens is 1. The van der Waals surface area contributed by atoms with E-state index in [1.165, 1.54) is 12.1 Å². The third-order valence-electron chi connectivity index (χ3n) is 3.16. The number of carboxylic acid groups (broad SMARTS) is 1. The van der Waals surface area contributed by atoms with Gasteiger partial charge < -0.3 is 5.11 Å². The monoisotopic (exact) mass is 347 g/mol. The van der Waals surface area contributed by atoms with Crippen molar-refractivity contribution in [3.63, 3.8) is 0 Å². The average molecular weight is 348 g/mol. The van der Waals surface area contributed by atoms with Crippen molar-refractivity contribution < 1.29 is 18.3 Å². The summed E-state index contributed by atoms with van der Waals surface area (Å²) in [5.74, 6) is -1.08. The zero-order chi connectivity index (χ0) is 14.0. The van der Waals surface area contributed by atoms with E-state index in [0.29, 0.717) is 12.8 Å². The van der Waals surface area contributed by atoms with Gasteiger partial charge in [-0.1, -0.05) is 15.9 Å². The first-order chi connectivity index (χ1) is 8.93. The largest absolute Gasteiger partial charge is 0.480 e. The van der Waals surface area contributed by atoms with Gasteiger partial charge in [0.15, 0.2) is 0 Å². The molecule has 1 N–H and O–H groups in total. The molecule has 0 unspecified atom stereocenters. The molecule has 1 saturated heterocycles. The maximum Gasteiger partial charge on any atom is 0.322 e. The Bertz CT molecular complexity index is 570. The van der Waals surface area contributed by atoms with E-state index in [-0.39, 0.29) is 11.4 Å². The number of carboxylic acids is 1. The fourth-order valence-electron chi connectivity index (χ4n) is 2.18. The molecule has 0 bridgehead atoms. The van der Waals surface area contributed by atoms with E-state index in [4.69, 9.17) is 5.11 Å². The highest BCUT2D eigenvalue weighted by molar-refractivity contribution is 9.10. The first-order valence-electron chi connectivity index (χ1n) is 5.93. The Kier molecular flexibility index (Phi) is 4.27. The van der Waals surface area contributed by atoms with Gasteiger partial charge in [0.25, 0.3) is 0 Å². The number of benzene rings is 1. The first kappa shape index (κ1) is 14.5. The Labute approximate surface area is 120 Å². The van der Waals surface area contributed by atoms with Crippen LogP contribution in [0.3, 0.4) is 0 Å². The van der Waals surface area contributed by atoms with Gasteiger partial charge in [0.2, 0.25) is 10.0 Å². The number of hydrogen-bond donors (Lipinski definition) is 1. The Morgan fingerprint density at radius 1 is 1.26 bits per heavy atom. The van der Waals surface area contributed by atoms with Gasteiger partial charge in [-0.05, 0) is 43.5 Å². The summed E-state index contributed by atoms with van der Waals surface area (Å²) in [5.41, 5.74) is 0. The van der Waals surface area contributed by atoms with Crippen LogP contribution in [-0.4, -0.2) is 36.4 Å². The smallest absolute Gasteiger partial charge is 0.322 e. The van der Waals surface area contributed by atoms with Gasteiger partial charge in [0.1, 0.15) is 6.04 Å². The van der Waals surface area contributed by atoms with E-state index in [9.17, 15) is 13.2 Å². The van der Waals surface area contributed by atoms with Gasteiger partial charge in [-0.15, -0.1) is 0 Å². The van der Waals surface area contributed by atoms with Crippen molar-refractivity contribution in [1.82, 2.24) is 4.31 Å². The molecule has 0 radical (unpaired) electrons. The van der Waals surface area contributed by atoms with Gasteiger partial charge in [0, 0.05) is 11.0 Å². The van der Waals surface area contributed by atoms with Crippen LogP contribution in [0.2, 0.25) is 0 Å². The number of piperidine rings is 1. The summed E-state index contributed by atoms with van der Waals surface area (Å²) in [6.45, 7) is 0.259. The minimum absolute atomic E-state index is 0.129. The number of rotatable bonds is 3. The lowest BCUT2D eigenvalue weighted by atomic mass is 10.1. The van der Waals surface area contributed by atoms with Crippen LogP contribution in [0.25, 0.3) is 0 Å². The van der Waals surface area contributed by atoms with Crippen LogP contribution in [0.4, 0.5) is 0 Å². The Balaban J connectivity index is 2.37. The Morgan fingerprint density at radius 3 is 2.47 bits per heavy atom. The van der Waals surface area contributed by atoms with Gasteiger partial charge in [-0.25, -0.2) is 8.42 Å². The summed E-state index contributed by atoms with van der Waals surface area (Å²) in [4.78, 5) is 11.3. The predicted octanol–water partition coefficient (Wildman–Crippen LogP) is 2.08. The van der Waals surface area contributed by atoms with E-state index < -0.39 is 22.0 Å². The third kappa shape index (κ3) is 2.98. The molecule has 7 heteroatoms. The molecule has 1 aliphatic rings. The lowest BCUT2D eigenvalue weighted by Gasteiger charge is -2.31. The van der Waals surface area contributed by atoms with Crippen LogP contribution in [0.5, 0.6) is 0 Å². The van der Waals surface area contributed by atoms with Crippen molar-refractivity contribution in [2.45, 2.75) is 30.2 Å². The Morgan fingerprint density at radius 2 is 1.89 bits per heavy atom. The summed E-state index contributed by atoms with van der Waals surface area (Å²) >= 11 is 3.24. The molecular weight excluding hydrogens is 334 g/mol. The molecule has 1 aromatic rings. The molecule has 2 rings (SSSR count). The van der Waals surface area contributed by atoms with Crippen LogP contribution in [-0.2, 0) is 14.8 Å². The van der Waals surface area contributed by atoms with Crippen LogP contribution in [0.1, 0.15) is 19.3 Å². The maximum atomic E-state index is 12.5. The molecule has 5 nitrogen and oxygen atoms in total. The van der Waals surface area contributed by atoms with Crippen molar-refractivity contribution >= 4 is 31.9 Å². The van der Waals surface area contributed by atoms with Crippen LogP contribution in [0, 0.1) is 0 Å². The fraction of sp³-hybridized carbons (Fsp3) is 0.417. The van der Waals surface area contributed by atoms with E-state index in [0.717, 1.165) is 15.2 Å². The zero-order valence-electron chi connectivity index (χ0n) is 10.1. The summed E-state index contributed by atoms with van der Waals surface area (Å²) in [6, 6.07) is 5.27. The van der Waals surface area contributed by atoms with E-state index >= 15 is 0 Å². The van der Waals surface area contributed by atoms with Crippen LogP contribution in [0.15, 0.2) is 33.6 Å². The molecule has 19 heavy (non-hydrogen) atoms. The third-order valence-corrected chi connectivity index (χ3v) is 5.61. The fourth-order valence-corrected chi connectivity index (χ4v) is 4.10. The summed E-state index contributed by atoms with van der Waals surface area (Å²) in [5, 5.41) is 9.15. The minimum Gasteiger partial charge on any atom is -0.480 e. The highest BCUT2D eigenvalue weighted by Crippen LogP contribution is 2.26. The second-order valence-corrected chi connectivity index (χ2v) is 7.23. The number of sulfonamides is 1. The van der Waals surface area contributed by atoms with Crippen molar-refractivity contribution in [1.29, 1.82) is 0 Å². The molecule has 0 aromatic heterocycles. The molecule has 0 saturated carbocycles. The number of carbonyl (C=O) groups is 1. The van der Waals surface area contributed by atoms with E-state index in [1.54, 1.807) is 12.1 Å². The van der Waals surface area contributed by atoms with Gasteiger partial charge in [-0.2, -0.15) is 4.31 Å². The van der Waals surface area contributed by atoms with Crippen LogP contribution >= 0.6 is 15.9 Å². The number of hydrogen-bond acceptors (Lipinski definition) is 3. The van der Waals surface area contributed by atoms with Crippen molar-refractivity contribution in [3.05, 3.63) is 28.7 Å². The SMILES string of the molecule is O=C(O)[C@@H]1CCCCN1S(=O)(=O)c1ccc(Br)cc1. The highest BCUT2D eigenvalue weighted by atomic mass is 79.9. The molecule has 0 amide bonds. The quantitative estimate of drug-likeness (QED) is 0.908. The van der Waals surface area contributed by atoms with Gasteiger partial charge >= 0.3 is 5.97 Å². The van der Waals surface area contributed by atoms with E-state index in [2.05, 4.69) is 15.9 Å². The van der Waals surface area contributed by atoms with Crippen LogP contribution < -0.4 is 0 Å². The van der Waals surface area contributed by atoms with E-state index in [1.807, 2.05) is 0 Å². The van der Waals surface area contributed by atoms with Crippen molar-refractivity contribution in [3.8, 4) is 0 Å². The molecule has 1 aliphatic heterocycles. The molecule has 104 valence electrons. The molecule has 1 heterocycles. The number of aliphatic carboxylic acids is 1. The second kappa shape index (κ2) is 5.60. The Hall–Kier alpha value is -0.920. The molecule has 0 aliphatic carbocycles.